The van der Waals surface area contributed by atoms with Crippen molar-refractivity contribution in [3.8, 4) is 5.75 Å². The number of benzene rings is 2. The van der Waals surface area contributed by atoms with Gasteiger partial charge in [0.25, 0.3) is 0 Å². The number of rotatable bonds is 8. The number of halogens is 1. The van der Waals surface area contributed by atoms with Gasteiger partial charge in [-0.3, -0.25) is 4.99 Å². The summed E-state index contributed by atoms with van der Waals surface area (Å²) in [5.74, 6) is 1.29. The summed E-state index contributed by atoms with van der Waals surface area (Å²) in [6.07, 6.45) is 0.703. The van der Waals surface area contributed by atoms with Gasteiger partial charge in [-0.2, -0.15) is 0 Å². The van der Waals surface area contributed by atoms with Crippen LogP contribution in [0.4, 0.5) is 0 Å². The Bertz CT molecular complexity index is 962. The van der Waals surface area contributed by atoms with E-state index in [-0.39, 0.29) is 4.90 Å². The van der Waals surface area contributed by atoms with Crippen LogP contribution in [0.5, 0.6) is 5.75 Å². The molecule has 0 saturated heterocycles. The van der Waals surface area contributed by atoms with E-state index < -0.39 is 10.0 Å². The van der Waals surface area contributed by atoms with Gasteiger partial charge < -0.3 is 15.4 Å². The van der Waals surface area contributed by atoms with E-state index in [4.69, 9.17) is 16.3 Å². The fourth-order valence-electron chi connectivity index (χ4n) is 2.67. The van der Waals surface area contributed by atoms with Crippen molar-refractivity contribution >= 4 is 27.6 Å². The van der Waals surface area contributed by atoms with Gasteiger partial charge in [-0.05, 0) is 35.7 Å². The first-order chi connectivity index (χ1) is 13.8. The molecule has 2 aromatic rings. The highest BCUT2D eigenvalue weighted by atomic mass is 35.5. The van der Waals surface area contributed by atoms with E-state index in [1.165, 1.54) is 18.4 Å². The van der Waals surface area contributed by atoms with Crippen LogP contribution in [0.15, 0.2) is 52.4 Å². The van der Waals surface area contributed by atoms with Crippen molar-refractivity contribution in [2.75, 3.05) is 34.8 Å². The molecule has 0 aliphatic rings. The molecule has 0 bridgehead atoms. The molecule has 0 heterocycles. The first-order valence-corrected chi connectivity index (χ1v) is 10.9. The van der Waals surface area contributed by atoms with Crippen LogP contribution in [0.25, 0.3) is 0 Å². The fourth-order valence-corrected chi connectivity index (χ4v) is 4.05. The lowest BCUT2D eigenvalue weighted by Crippen LogP contribution is -2.38. The molecule has 0 saturated carbocycles. The third kappa shape index (κ3) is 6.09. The van der Waals surface area contributed by atoms with Gasteiger partial charge in [-0.15, -0.1) is 0 Å². The Morgan fingerprint density at radius 1 is 1.14 bits per heavy atom. The van der Waals surface area contributed by atoms with Gasteiger partial charge >= 0.3 is 0 Å². The van der Waals surface area contributed by atoms with Crippen molar-refractivity contribution < 1.29 is 13.2 Å². The van der Waals surface area contributed by atoms with Crippen LogP contribution in [-0.2, 0) is 23.0 Å². The van der Waals surface area contributed by atoms with Crippen LogP contribution in [0.3, 0.4) is 0 Å². The van der Waals surface area contributed by atoms with E-state index in [2.05, 4.69) is 15.6 Å². The zero-order valence-electron chi connectivity index (χ0n) is 17.1. The molecule has 2 rings (SSSR count). The molecule has 0 fully saturated rings. The van der Waals surface area contributed by atoms with E-state index in [0.717, 1.165) is 11.3 Å². The summed E-state index contributed by atoms with van der Waals surface area (Å²) in [4.78, 5) is 4.47. The topological polar surface area (TPSA) is 83.0 Å². The third-order valence-corrected chi connectivity index (χ3v) is 6.62. The first-order valence-electron chi connectivity index (χ1n) is 9.07. The van der Waals surface area contributed by atoms with Crippen LogP contribution in [0.2, 0.25) is 5.02 Å². The number of methoxy groups -OCH3 is 1. The lowest BCUT2D eigenvalue weighted by atomic mass is 10.1. The summed E-state index contributed by atoms with van der Waals surface area (Å²) in [6, 6.07) is 12.5. The molecule has 7 nitrogen and oxygen atoms in total. The molecule has 2 aromatic carbocycles. The number of sulfonamides is 1. The Morgan fingerprint density at radius 2 is 1.86 bits per heavy atom. The van der Waals surface area contributed by atoms with E-state index in [9.17, 15) is 8.42 Å². The minimum atomic E-state index is -3.52. The Morgan fingerprint density at radius 3 is 2.48 bits per heavy atom. The zero-order valence-corrected chi connectivity index (χ0v) is 18.6. The number of hydrogen-bond donors (Lipinski definition) is 2. The van der Waals surface area contributed by atoms with Crippen molar-refractivity contribution in [2.24, 2.45) is 4.99 Å². The molecule has 9 heteroatoms. The lowest BCUT2D eigenvalue weighted by molar-refractivity contribution is 0.414. The van der Waals surface area contributed by atoms with Gasteiger partial charge in [0, 0.05) is 39.3 Å². The van der Waals surface area contributed by atoms with E-state index in [0.29, 0.717) is 36.1 Å². The smallest absolute Gasteiger partial charge is 0.242 e. The minimum absolute atomic E-state index is 0.276. The predicted octanol–water partition coefficient (Wildman–Crippen LogP) is 2.51. The number of ether oxygens (including phenoxy) is 1. The molecular weight excluding hydrogens is 412 g/mol. The van der Waals surface area contributed by atoms with Crippen molar-refractivity contribution in [3.63, 3.8) is 0 Å². The summed E-state index contributed by atoms with van der Waals surface area (Å²) in [5.41, 5.74) is 1.67. The second-order valence-electron chi connectivity index (χ2n) is 6.46. The normalized spacial score (nSPS) is 12.1. The summed E-state index contributed by atoms with van der Waals surface area (Å²) in [7, 11) is 2.79. The maximum absolute atomic E-state index is 12.5. The van der Waals surface area contributed by atoms with E-state index in [1.54, 1.807) is 38.4 Å². The van der Waals surface area contributed by atoms with Gasteiger partial charge in [0.05, 0.1) is 12.0 Å². The van der Waals surface area contributed by atoms with Crippen LogP contribution >= 0.6 is 11.6 Å². The van der Waals surface area contributed by atoms with E-state index in [1.807, 2.05) is 18.2 Å². The molecule has 2 N–H and O–H groups in total. The first kappa shape index (κ1) is 23.0. The summed E-state index contributed by atoms with van der Waals surface area (Å²) < 4.78 is 31.4. The van der Waals surface area contributed by atoms with Crippen LogP contribution in [0, 0.1) is 0 Å². The molecule has 0 aliphatic heterocycles. The highest BCUT2D eigenvalue weighted by molar-refractivity contribution is 7.89. The number of nitrogens with one attached hydrogen (secondary N) is 2. The SMILES string of the molecule is CN=C(NCCc1ccc(OC)cc1Cl)NCc1ccccc1S(=O)(=O)N(C)C. The second-order valence-corrected chi connectivity index (χ2v) is 8.98. The Labute approximate surface area is 177 Å². The Kier molecular flexibility index (Phi) is 8.31. The van der Waals surface area contributed by atoms with E-state index >= 15 is 0 Å². The molecular formula is C20H27ClN4O3S. The highest BCUT2D eigenvalue weighted by Crippen LogP contribution is 2.22. The molecule has 29 heavy (non-hydrogen) atoms. The zero-order chi connectivity index (χ0) is 21.4. The second kappa shape index (κ2) is 10.5. The molecule has 0 amide bonds. The van der Waals surface area contributed by atoms with Crippen molar-refractivity contribution in [1.82, 2.24) is 14.9 Å². The monoisotopic (exact) mass is 438 g/mol. The summed E-state index contributed by atoms with van der Waals surface area (Å²) >= 11 is 6.27. The van der Waals surface area contributed by atoms with Gasteiger partial charge in [-0.25, -0.2) is 12.7 Å². The quantitative estimate of drug-likeness (QED) is 0.488. The number of guanidine groups is 1. The Balaban J connectivity index is 1.97. The van der Waals surface area contributed by atoms with Crippen LogP contribution < -0.4 is 15.4 Å². The molecule has 0 radical (unpaired) electrons. The average Bonchev–Trinajstić information content (AvgIpc) is 2.71. The summed E-state index contributed by atoms with van der Waals surface area (Å²) in [6.45, 7) is 0.940. The van der Waals surface area contributed by atoms with Crippen molar-refractivity contribution in [1.29, 1.82) is 0 Å². The Hall–Kier alpha value is -2.29. The standard InChI is InChI=1S/C20H27ClN4O3S/c1-22-20(23-12-11-15-9-10-17(28-4)13-18(15)21)24-14-16-7-5-6-8-19(16)29(26,27)25(2)3/h5-10,13H,11-12,14H2,1-4H3,(H2,22,23,24). The maximum atomic E-state index is 12.5. The number of nitrogens with zero attached hydrogens (tertiary/aromatic N) is 2. The molecule has 0 unspecified atom stereocenters. The number of aliphatic imine (C=N–C) groups is 1. The lowest BCUT2D eigenvalue weighted by Gasteiger charge is -2.17. The third-order valence-electron chi connectivity index (χ3n) is 4.35. The molecule has 0 aromatic heterocycles. The van der Waals surface area contributed by atoms with Crippen molar-refractivity contribution in [2.45, 2.75) is 17.9 Å². The molecule has 0 spiro atoms. The van der Waals surface area contributed by atoms with Crippen LogP contribution in [-0.4, -0.2) is 53.5 Å². The van der Waals surface area contributed by atoms with Gasteiger partial charge in [0.2, 0.25) is 10.0 Å². The largest absolute Gasteiger partial charge is 0.497 e. The van der Waals surface area contributed by atoms with Crippen LogP contribution in [0.1, 0.15) is 11.1 Å². The average molecular weight is 439 g/mol. The highest BCUT2D eigenvalue weighted by Gasteiger charge is 2.20. The molecule has 158 valence electrons. The van der Waals surface area contributed by atoms with Gasteiger partial charge in [0.1, 0.15) is 5.75 Å². The predicted molar refractivity (Wildman–Crippen MR) is 117 cm³/mol. The van der Waals surface area contributed by atoms with Gasteiger partial charge in [-0.1, -0.05) is 35.9 Å². The van der Waals surface area contributed by atoms with Gasteiger partial charge in [0.15, 0.2) is 5.96 Å². The fraction of sp³-hybridized carbons (Fsp3) is 0.350. The molecule has 0 atom stereocenters. The molecule has 0 aliphatic carbocycles. The van der Waals surface area contributed by atoms with Crippen molar-refractivity contribution in [3.05, 3.63) is 58.6 Å². The summed E-state index contributed by atoms with van der Waals surface area (Å²) in [5, 5.41) is 7.02. The number of hydrogen-bond acceptors (Lipinski definition) is 4. The maximum Gasteiger partial charge on any atom is 0.242 e. The minimum Gasteiger partial charge on any atom is -0.497 e.